The molecule has 0 aliphatic carbocycles. The summed E-state index contributed by atoms with van der Waals surface area (Å²) >= 11 is 0. The topological polar surface area (TPSA) is 91.3 Å². The van der Waals surface area contributed by atoms with Crippen LogP contribution < -0.4 is 0 Å². The monoisotopic (exact) mass is 632 g/mol. The molecule has 0 radical (unpaired) electrons. The minimum Gasteiger partial charge on any atom is -0.463 e. The number of hydrogen-bond acceptors (Lipinski definition) is 7. The van der Waals surface area contributed by atoms with Gasteiger partial charge in [-0.05, 0) is 57.7 Å². The van der Waals surface area contributed by atoms with Crippen LogP contribution in [-0.2, 0) is 40.0 Å². The highest BCUT2D eigenvalue weighted by molar-refractivity contribution is 5.86. The summed E-state index contributed by atoms with van der Waals surface area (Å²) in [5, 5.41) is 8.19. The zero-order valence-electron chi connectivity index (χ0n) is 28.4. The highest BCUT2D eigenvalue weighted by Crippen LogP contribution is 2.31. The Morgan fingerprint density at radius 3 is 1.50 bits per heavy atom. The van der Waals surface area contributed by atoms with E-state index in [2.05, 4.69) is 29.2 Å². The molecule has 7 nitrogen and oxygen atoms in total. The third-order valence-electron chi connectivity index (χ3n) is 6.01. The van der Waals surface area contributed by atoms with E-state index in [0.29, 0.717) is 12.2 Å². The molecule has 46 heavy (non-hydrogen) atoms. The van der Waals surface area contributed by atoms with Crippen molar-refractivity contribution < 1.29 is 33.9 Å². The molecule has 0 bridgehead atoms. The van der Waals surface area contributed by atoms with Crippen molar-refractivity contribution in [1.29, 1.82) is 0 Å². The third-order valence-corrected chi connectivity index (χ3v) is 6.01. The lowest BCUT2D eigenvalue weighted by atomic mass is 9.98. The first-order valence-corrected chi connectivity index (χ1v) is 15.2. The normalized spacial score (nSPS) is 10.2. The average molecular weight is 633 g/mol. The Kier molecular flexibility index (Phi) is 21.8. The predicted molar refractivity (Wildman–Crippen MR) is 187 cm³/mol. The average Bonchev–Trinajstić information content (AvgIpc) is 3.08. The zero-order valence-corrected chi connectivity index (χ0v) is 28.4. The highest BCUT2D eigenvalue weighted by Gasteiger charge is 2.29. The first-order valence-electron chi connectivity index (χ1n) is 15.2. The van der Waals surface area contributed by atoms with Crippen molar-refractivity contribution in [2.75, 3.05) is 19.8 Å². The first-order chi connectivity index (χ1) is 21.8. The molecule has 3 aromatic carbocycles. The number of hydrogen-bond donors (Lipinski definition) is 1. The Hall–Kier alpha value is -4.30. The molecule has 0 aromatic heterocycles. The summed E-state index contributed by atoms with van der Waals surface area (Å²) in [6.07, 6.45) is 4.99. The van der Waals surface area contributed by atoms with Gasteiger partial charge in [0.05, 0.1) is 13.2 Å². The van der Waals surface area contributed by atoms with Gasteiger partial charge in [0, 0.05) is 11.6 Å². The van der Waals surface area contributed by atoms with Crippen molar-refractivity contribution in [3.8, 4) is 0 Å². The van der Waals surface area contributed by atoms with Gasteiger partial charge in [-0.3, -0.25) is 0 Å². The molecule has 250 valence electrons. The Labute approximate surface area is 276 Å². The van der Waals surface area contributed by atoms with E-state index in [1.165, 1.54) is 11.6 Å². The summed E-state index contributed by atoms with van der Waals surface area (Å²) in [6.45, 7) is 22.3. The van der Waals surface area contributed by atoms with Crippen molar-refractivity contribution in [2.45, 2.75) is 65.6 Å². The minimum absolute atomic E-state index is 0.0473. The molecule has 0 aliphatic rings. The van der Waals surface area contributed by atoms with E-state index in [1.54, 1.807) is 6.92 Å². The molecule has 0 unspecified atom stereocenters. The summed E-state index contributed by atoms with van der Waals surface area (Å²) in [4.78, 5) is 32.3. The second-order valence-electron chi connectivity index (χ2n) is 10.9. The molecular formula is C39H52O7. The lowest BCUT2D eigenvalue weighted by molar-refractivity contribution is -0.410. The number of carbonyl (C=O) groups excluding carboxylic acids is 2. The van der Waals surface area contributed by atoms with Gasteiger partial charge in [0.1, 0.15) is 17.8 Å². The highest BCUT2D eigenvalue weighted by atomic mass is 17.2. The van der Waals surface area contributed by atoms with Gasteiger partial charge in [0.2, 0.25) is 0 Å². The summed E-state index contributed by atoms with van der Waals surface area (Å²) < 4.78 is 9.14. The summed E-state index contributed by atoms with van der Waals surface area (Å²) in [5.74, 6) is -0.785. The number of unbranched alkanes of at least 4 members (excludes halogenated alkanes) is 1. The summed E-state index contributed by atoms with van der Waals surface area (Å²) in [6, 6.07) is 30.2. The van der Waals surface area contributed by atoms with Crippen LogP contribution in [0.25, 0.3) is 6.08 Å². The van der Waals surface area contributed by atoms with Gasteiger partial charge in [-0.15, -0.1) is 0 Å². The summed E-state index contributed by atoms with van der Waals surface area (Å²) in [5.41, 5.74) is 2.71. The lowest BCUT2D eigenvalue weighted by Crippen LogP contribution is -2.29. The second-order valence-corrected chi connectivity index (χ2v) is 10.9. The Morgan fingerprint density at radius 1 is 0.739 bits per heavy atom. The largest absolute Gasteiger partial charge is 0.463 e. The number of carbonyl (C=O) groups is 2. The van der Waals surface area contributed by atoms with E-state index in [1.807, 2.05) is 132 Å². The van der Waals surface area contributed by atoms with Gasteiger partial charge in [0.15, 0.2) is 0 Å². The van der Waals surface area contributed by atoms with E-state index < -0.39 is 17.2 Å². The van der Waals surface area contributed by atoms with Crippen LogP contribution in [-0.4, -0.2) is 36.9 Å². The summed E-state index contributed by atoms with van der Waals surface area (Å²) in [7, 11) is 0. The van der Waals surface area contributed by atoms with E-state index in [-0.39, 0.29) is 19.2 Å². The van der Waals surface area contributed by atoms with Crippen LogP contribution >= 0.6 is 0 Å². The maximum Gasteiger partial charge on any atom is 0.333 e. The Balaban J connectivity index is 0.000000653. The number of aliphatic hydroxyl groups excluding tert-OH is 1. The van der Waals surface area contributed by atoms with Crippen molar-refractivity contribution >= 4 is 18.0 Å². The van der Waals surface area contributed by atoms with E-state index >= 15 is 0 Å². The molecule has 0 heterocycles. The Bertz CT molecular complexity index is 1210. The Morgan fingerprint density at radius 2 is 1.17 bits per heavy atom. The number of rotatable bonds is 13. The van der Waals surface area contributed by atoms with E-state index in [0.717, 1.165) is 24.0 Å². The van der Waals surface area contributed by atoms with Crippen LogP contribution in [0.4, 0.5) is 0 Å². The smallest absolute Gasteiger partial charge is 0.333 e. The fourth-order valence-corrected chi connectivity index (χ4v) is 3.21. The van der Waals surface area contributed by atoms with Crippen LogP contribution in [0.1, 0.15) is 71.1 Å². The third kappa shape index (κ3) is 19.2. The number of aliphatic hydroxyl groups is 1. The predicted octanol–water partition coefficient (Wildman–Crippen LogP) is 8.75. The maximum absolute atomic E-state index is 10.5. The second kappa shape index (κ2) is 24.0. The molecule has 3 rings (SSSR count). The number of esters is 2. The SMILES string of the molecule is C=C(C)C(=O)OCCO.C=CC(=O)OCCCC.C=Cc1ccccc1.CC(C)(OOC(C)(C)c1ccccc1)c1ccccc1. The van der Waals surface area contributed by atoms with Crippen molar-refractivity contribution in [1.82, 2.24) is 0 Å². The van der Waals surface area contributed by atoms with Gasteiger partial charge in [-0.2, -0.15) is 0 Å². The molecule has 0 saturated heterocycles. The minimum atomic E-state index is -0.493. The fourth-order valence-electron chi connectivity index (χ4n) is 3.21. The lowest BCUT2D eigenvalue weighted by Gasteiger charge is -2.31. The van der Waals surface area contributed by atoms with Crippen LogP contribution in [0, 0.1) is 0 Å². The van der Waals surface area contributed by atoms with Crippen molar-refractivity contribution in [2.24, 2.45) is 0 Å². The quantitative estimate of drug-likeness (QED) is 0.0662. The zero-order chi connectivity index (χ0) is 34.8. The molecule has 1 N–H and O–H groups in total. The first kappa shape index (κ1) is 41.7. The van der Waals surface area contributed by atoms with Crippen molar-refractivity contribution in [3.63, 3.8) is 0 Å². The molecular weight excluding hydrogens is 580 g/mol. The molecule has 3 aromatic rings. The number of benzene rings is 3. The van der Waals surface area contributed by atoms with Gasteiger partial charge in [0.25, 0.3) is 0 Å². The molecule has 0 amide bonds. The van der Waals surface area contributed by atoms with E-state index in [9.17, 15) is 9.59 Å². The standard InChI is InChI=1S/C18H22O2.C8H8.C7H12O2.C6H10O3/c1-17(2,15-11-7-5-8-12-15)19-20-18(3,4)16-13-9-6-10-14-16;1-2-8-6-4-3-5-7-8;1-3-5-6-9-7(8)4-2;1-5(2)6(8)9-4-3-7/h5-14H,1-4H3;2-7H,1H2;4H,2-3,5-6H2,1H3;7H,1,3-4H2,2H3. The van der Waals surface area contributed by atoms with Gasteiger partial charge in [-0.25, -0.2) is 19.4 Å². The van der Waals surface area contributed by atoms with Gasteiger partial charge in [-0.1, -0.05) is 130 Å². The molecule has 0 aliphatic heterocycles. The molecule has 0 atom stereocenters. The molecule has 7 heteroatoms. The van der Waals surface area contributed by atoms with Crippen LogP contribution in [0.5, 0.6) is 0 Å². The maximum atomic E-state index is 10.5. The van der Waals surface area contributed by atoms with Gasteiger partial charge >= 0.3 is 11.9 Å². The molecule has 0 fully saturated rings. The van der Waals surface area contributed by atoms with Crippen LogP contribution in [0.2, 0.25) is 0 Å². The molecule has 0 saturated carbocycles. The van der Waals surface area contributed by atoms with Crippen LogP contribution in [0.15, 0.2) is 122 Å². The van der Waals surface area contributed by atoms with Gasteiger partial charge < -0.3 is 14.6 Å². The van der Waals surface area contributed by atoms with Crippen molar-refractivity contribution in [3.05, 3.63) is 139 Å². The van der Waals surface area contributed by atoms with Crippen LogP contribution in [0.3, 0.4) is 0 Å². The number of ether oxygens (including phenoxy) is 2. The molecule has 0 spiro atoms. The fraction of sp³-hybridized carbons (Fsp3) is 0.333. The van der Waals surface area contributed by atoms with E-state index in [4.69, 9.17) is 14.9 Å².